The normalized spacial score (nSPS) is 25.5. The number of ether oxygens (including phenoxy) is 2. The van der Waals surface area contributed by atoms with Crippen LogP contribution in [0.15, 0.2) is 30.5 Å². The molecule has 0 radical (unpaired) electrons. The molecular weight excluding hydrogens is 462 g/mol. The number of pyridine rings is 2. The smallest absolute Gasteiger partial charge is 0.126 e. The first-order valence-corrected chi connectivity index (χ1v) is 13.7. The van der Waals surface area contributed by atoms with Gasteiger partial charge in [-0.3, -0.25) is 0 Å². The van der Waals surface area contributed by atoms with Gasteiger partial charge in [-0.25, -0.2) is 9.97 Å². The average Bonchev–Trinajstić information content (AvgIpc) is 3.43. The van der Waals surface area contributed by atoms with Crippen LogP contribution >= 0.6 is 11.6 Å². The molecule has 8 heteroatoms. The van der Waals surface area contributed by atoms with Gasteiger partial charge in [0.15, 0.2) is 0 Å². The Balaban J connectivity index is 1.15. The predicted octanol–water partition coefficient (Wildman–Crippen LogP) is 5.13. The van der Waals surface area contributed by atoms with Crippen molar-refractivity contribution in [1.29, 1.82) is 0 Å². The van der Waals surface area contributed by atoms with Gasteiger partial charge < -0.3 is 25.4 Å². The van der Waals surface area contributed by atoms with E-state index in [0.29, 0.717) is 29.1 Å². The van der Waals surface area contributed by atoms with Crippen molar-refractivity contribution in [2.24, 2.45) is 5.92 Å². The highest BCUT2D eigenvalue weighted by Gasteiger charge is 2.23. The Bertz CT molecular complexity index is 941. The van der Waals surface area contributed by atoms with Gasteiger partial charge in [0.1, 0.15) is 11.6 Å². The lowest BCUT2D eigenvalue weighted by Crippen LogP contribution is -2.40. The van der Waals surface area contributed by atoms with Gasteiger partial charge in [0.2, 0.25) is 0 Å². The molecule has 7 nitrogen and oxygen atoms in total. The lowest BCUT2D eigenvalue weighted by atomic mass is 9.91. The maximum Gasteiger partial charge on any atom is 0.126 e. The first kappa shape index (κ1) is 24.8. The fourth-order valence-corrected chi connectivity index (χ4v) is 5.55. The van der Waals surface area contributed by atoms with Gasteiger partial charge in [0, 0.05) is 56.8 Å². The quantitative estimate of drug-likeness (QED) is 0.441. The van der Waals surface area contributed by atoms with Crippen LogP contribution in [-0.4, -0.2) is 61.1 Å². The number of rotatable bonds is 9. The number of hydrogen-bond donors (Lipinski definition) is 3. The van der Waals surface area contributed by atoms with Crippen molar-refractivity contribution in [2.45, 2.75) is 69.6 Å². The number of nitrogens with zero attached hydrogens (tertiary/aromatic N) is 2. The minimum absolute atomic E-state index is 0.409. The molecule has 2 aromatic rings. The van der Waals surface area contributed by atoms with E-state index in [1.165, 1.54) is 25.7 Å². The Labute approximate surface area is 213 Å². The van der Waals surface area contributed by atoms with E-state index in [1.54, 1.807) is 6.20 Å². The third-order valence-corrected chi connectivity index (χ3v) is 7.83. The second-order valence-corrected chi connectivity index (χ2v) is 10.5. The highest BCUT2D eigenvalue weighted by atomic mass is 35.5. The van der Waals surface area contributed by atoms with Gasteiger partial charge in [-0.15, -0.1) is 0 Å². The molecule has 0 spiro atoms. The van der Waals surface area contributed by atoms with Crippen LogP contribution in [0, 0.1) is 5.92 Å². The topological polar surface area (TPSA) is 80.3 Å². The molecule has 1 aliphatic carbocycles. The van der Waals surface area contributed by atoms with E-state index in [9.17, 15) is 0 Å². The summed E-state index contributed by atoms with van der Waals surface area (Å²) in [5, 5.41) is 11.5. The number of nitrogens with one attached hydrogen (secondary N) is 3. The second kappa shape index (κ2) is 12.3. The van der Waals surface area contributed by atoms with Crippen molar-refractivity contribution in [3.8, 4) is 11.3 Å². The SMILES string of the molecule is Clc1cnc(NC2CCC(NCC3CCCO3)CC2)cc1-c1cccc(NCC2CCOCC2)n1. The van der Waals surface area contributed by atoms with Gasteiger partial charge in [-0.05, 0) is 75.5 Å². The highest BCUT2D eigenvalue weighted by Crippen LogP contribution is 2.30. The molecule has 0 bridgehead atoms. The fraction of sp³-hybridized carbons (Fsp3) is 0.630. The molecule has 5 rings (SSSR count). The minimum Gasteiger partial charge on any atom is -0.381 e. The highest BCUT2D eigenvalue weighted by molar-refractivity contribution is 6.33. The van der Waals surface area contributed by atoms with Crippen molar-refractivity contribution >= 4 is 23.2 Å². The number of halogens is 1. The Morgan fingerprint density at radius 2 is 1.74 bits per heavy atom. The summed E-state index contributed by atoms with van der Waals surface area (Å²) in [5.74, 6) is 2.38. The molecule has 1 atom stereocenters. The van der Waals surface area contributed by atoms with E-state index in [1.807, 2.05) is 24.3 Å². The number of hydrogen-bond acceptors (Lipinski definition) is 7. The molecular formula is C27H38ClN5O2. The summed E-state index contributed by atoms with van der Waals surface area (Å²) in [6.07, 6.45) is 11.4. The first-order chi connectivity index (χ1) is 17.2. The predicted molar refractivity (Wildman–Crippen MR) is 141 cm³/mol. The molecule has 1 unspecified atom stereocenters. The summed E-state index contributed by atoms with van der Waals surface area (Å²) in [4.78, 5) is 9.39. The largest absolute Gasteiger partial charge is 0.381 e. The van der Waals surface area contributed by atoms with Crippen molar-refractivity contribution in [3.05, 3.63) is 35.5 Å². The number of aromatic nitrogens is 2. The Kier molecular flexibility index (Phi) is 8.73. The zero-order chi connectivity index (χ0) is 23.9. The summed E-state index contributed by atoms with van der Waals surface area (Å²) < 4.78 is 11.2. The lowest BCUT2D eigenvalue weighted by molar-refractivity contribution is 0.0699. The van der Waals surface area contributed by atoms with Crippen LogP contribution in [0.25, 0.3) is 11.3 Å². The maximum atomic E-state index is 6.55. The van der Waals surface area contributed by atoms with E-state index in [2.05, 4.69) is 20.9 Å². The Hall–Kier alpha value is -1.93. The second-order valence-electron chi connectivity index (χ2n) is 10.1. The van der Waals surface area contributed by atoms with Crippen LogP contribution in [0.4, 0.5) is 11.6 Å². The van der Waals surface area contributed by atoms with E-state index < -0.39 is 0 Å². The lowest BCUT2D eigenvalue weighted by Gasteiger charge is -2.30. The van der Waals surface area contributed by atoms with Crippen LogP contribution in [0.2, 0.25) is 5.02 Å². The molecule has 2 aromatic heterocycles. The molecule has 2 saturated heterocycles. The molecule has 3 N–H and O–H groups in total. The van der Waals surface area contributed by atoms with Gasteiger partial charge in [-0.2, -0.15) is 0 Å². The van der Waals surface area contributed by atoms with Crippen molar-refractivity contribution in [2.75, 3.05) is 43.5 Å². The third-order valence-electron chi connectivity index (χ3n) is 7.53. The van der Waals surface area contributed by atoms with Crippen molar-refractivity contribution in [1.82, 2.24) is 15.3 Å². The van der Waals surface area contributed by atoms with Crippen LogP contribution < -0.4 is 16.0 Å². The fourth-order valence-electron chi connectivity index (χ4n) is 5.35. The molecule has 0 aromatic carbocycles. The van der Waals surface area contributed by atoms with Gasteiger partial charge >= 0.3 is 0 Å². The van der Waals surface area contributed by atoms with Gasteiger partial charge in [0.05, 0.1) is 16.8 Å². The molecule has 0 amide bonds. The zero-order valence-electron chi connectivity index (χ0n) is 20.5. The number of anilines is 2. The van der Waals surface area contributed by atoms with Gasteiger partial charge in [-0.1, -0.05) is 17.7 Å². The molecule has 1 saturated carbocycles. The van der Waals surface area contributed by atoms with Crippen LogP contribution in [-0.2, 0) is 9.47 Å². The van der Waals surface area contributed by atoms with Crippen molar-refractivity contribution in [3.63, 3.8) is 0 Å². The molecule has 3 fully saturated rings. The summed E-state index contributed by atoms with van der Waals surface area (Å²) >= 11 is 6.55. The molecule has 3 aliphatic rings. The standard InChI is InChI=1S/C27H38ClN5O2/c28-24-18-31-27(32-21-8-6-20(7-9-21)29-17-22-3-2-12-35-22)15-23(24)25-4-1-5-26(33-25)30-16-19-10-13-34-14-11-19/h1,4-5,15,18-22,29H,2-3,6-14,16-17H2,(H,30,33)(H,31,32). The van der Waals surface area contributed by atoms with Crippen LogP contribution in [0.3, 0.4) is 0 Å². The maximum absolute atomic E-state index is 6.55. The van der Waals surface area contributed by atoms with Gasteiger partial charge in [0.25, 0.3) is 0 Å². The van der Waals surface area contributed by atoms with Crippen molar-refractivity contribution < 1.29 is 9.47 Å². The van der Waals surface area contributed by atoms with E-state index in [-0.39, 0.29) is 0 Å². The molecule has 2 aliphatic heterocycles. The minimum atomic E-state index is 0.409. The van der Waals surface area contributed by atoms with E-state index >= 15 is 0 Å². The molecule has 4 heterocycles. The molecule has 190 valence electrons. The van der Waals surface area contributed by atoms with Crippen LogP contribution in [0.5, 0.6) is 0 Å². The Morgan fingerprint density at radius 3 is 2.54 bits per heavy atom. The summed E-state index contributed by atoms with van der Waals surface area (Å²) in [7, 11) is 0. The van der Waals surface area contributed by atoms with E-state index in [4.69, 9.17) is 26.1 Å². The zero-order valence-corrected chi connectivity index (χ0v) is 21.2. The summed E-state index contributed by atoms with van der Waals surface area (Å²) in [6, 6.07) is 9.11. The Morgan fingerprint density at radius 1 is 0.914 bits per heavy atom. The summed E-state index contributed by atoms with van der Waals surface area (Å²) in [6.45, 7) is 4.54. The average molecular weight is 500 g/mol. The monoisotopic (exact) mass is 499 g/mol. The summed E-state index contributed by atoms with van der Waals surface area (Å²) in [5.41, 5.74) is 1.77. The third kappa shape index (κ3) is 7.06. The molecule has 35 heavy (non-hydrogen) atoms. The van der Waals surface area contributed by atoms with Crippen LogP contribution in [0.1, 0.15) is 51.4 Å². The van der Waals surface area contributed by atoms with E-state index in [0.717, 1.165) is 81.5 Å². The first-order valence-electron chi connectivity index (χ1n) is 13.3.